The number of hydrogen-bond donors (Lipinski definition) is 1. The van der Waals surface area contributed by atoms with Crippen molar-refractivity contribution in [3.63, 3.8) is 0 Å². The third kappa shape index (κ3) is 15.1. The minimum absolute atomic E-state index is 0.113. The third-order valence-corrected chi connectivity index (χ3v) is 3.51. The van der Waals surface area contributed by atoms with E-state index in [4.69, 9.17) is 0 Å². The number of hydrogen-bond acceptors (Lipinski definition) is 3. The van der Waals surface area contributed by atoms with Gasteiger partial charge in [-0.25, -0.2) is 0 Å². The molecule has 3 nitrogen and oxygen atoms in total. The molecule has 126 valence electrons. The molecule has 0 aromatic heterocycles. The zero-order chi connectivity index (χ0) is 16.5. The third-order valence-electron chi connectivity index (χ3n) is 3.51. The van der Waals surface area contributed by atoms with Crippen molar-refractivity contribution in [1.29, 1.82) is 0 Å². The second-order valence-electron chi connectivity index (χ2n) is 5.59. The summed E-state index contributed by atoms with van der Waals surface area (Å²) in [7, 11) is 1.43. The predicted octanol–water partition coefficient (Wildman–Crippen LogP) is 4.39. The van der Waals surface area contributed by atoms with Gasteiger partial charge in [0, 0.05) is 6.42 Å². The maximum Gasteiger partial charge on any atom is 0.305 e. The van der Waals surface area contributed by atoms with Crippen molar-refractivity contribution in [1.82, 2.24) is 0 Å². The molecule has 0 saturated heterocycles. The summed E-state index contributed by atoms with van der Waals surface area (Å²) < 4.78 is 4.60. The zero-order valence-electron chi connectivity index (χ0n) is 14.3. The van der Waals surface area contributed by atoms with Gasteiger partial charge in [0.15, 0.2) is 0 Å². The Kier molecular flexibility index (Phi) is 15.2. The van der Waals surface area contributed by atoms with Crippen molar-refractivity contribution in [2.45, 2.75) is 83.7 Å². The number of carbonyl (C=O) groups excluding carboxylic acids is 1. The van der Waals surface area contributed by atoms with Crippen LogP contribution in [0.1, 0.15) is 77.6 Å². The lowest BCUT2D eigenvalue weighted by molar-refractivity contribution is -0.140. The highest BCUT2D eigenvalue weighted by Crippen LogP contribution is 2.08. The van der Waals surface area contributed by atoms with E-state index in [1.165, 1.54) is 20.0 Å². The monoisotopic (exact) mass is 308 g/mol. The smallest absolute Gasteiger partial charge is 0.305 e. The first-order valence-electron chi connectivity index (χ1n) is 8.61. The standard InChI is InChI=1S/C19H32O3/c1-3-4-12-15-18(20)16-13-10-8-6-5-7-9-11-14-17-19(21)22-2/h8,10,18,20H,3-7,9,11-12,14-15,17H2,1-2H3/b10-8-/t18-/m0/s1. The molecule has 1 N–H and O–H groups in total. The normalized spacial score (nSPS) is 12.0. The number of ether oxygens (including phenoxy) is 1. The summed E-state index contributed by atoms with van der Waals surface area (Å²) in [4.78, 5) is 10.9. The van der Waals surface area contributed by atoms with Gasteiger partial charge in [0.25, 0.3) is 0 Å². The van der Waals surface area contributed by atoms with Gasteiger partial charge in [-0.15, -0.1) is 0 Å². The van der Waals surface area contributed by atoms with Crippen molar-refractivity contribution in [3.8, 4) is 11.8 Å². The van der Waals surface area contributed by atoms with E-state index in [0.29, 0.717) is 6.42 Å². The Labute approximate surface area is 136 Å². The van der Waals surface area contributed by atoms with Crippen LogP contribution in [-0.4, -0.2) is 24.3 Å². The lowest BCUT2D eigenvalue weighted by Gasteiger charge is -2.00. The summed E-state index contributed by atoms with van der Waals surface area (Å²) in [5, 5.41) is 9.62. The summed E-state index contributed by atoms with van der Waals surface area (Å²) in [6, 6.07) is 0. The highest BCUT2D eigenvalue weighted by molar-refractivity contribution is 5.68. The summed E-state index contributed by atoms with van der Waals surface area (Å²) in [6.07, 6.45) is 14.6. The summed E-state index contributed by atoms with van der Waals surface area (Å²) >= 11 is 0. The zero-order valence-corrected chi connectivity index (χ0v) is 14.3. The minimum Gasteiger partial charge on any atom is -0.469 e. The molecule has 0 fully saturated rings. The quantitative estimate of drug-likeness (QED) is 0.330. The molecule has 0 unspecified atom stereocenters. The molecule has 0 radical (unpaired) electrons. The maximum atomic E-state index is 10.9. The van der Waals surface area contributed by atoms with Crippen LogP contribution in [0.25, 0.3) is 0 Å². The fourth-order valence-electron chi connectivity index (χ4n) is 2.11. The number of methoxy groups -OCH3 is 1. The van der Waals surface area contributed by atoms with Crippen molar-refractivity contribution < 1.29 is 14.6 Å². The van der Waals surface area contributed by atoms with E-state index < -0.39 is 6.10 Å². The van der Waals surface area contributed by atoms with Gasteiger partial charge in [-0.05, 0) is 38.2 Å². The lowest BCUT2D eigenvalue weighted by Crippen LogP contribution is -2.01. The van der Waals surface area contributed by atoms with Gasteiger partial charge in [-0.3, -0.25) is 4.79 Å². The Morgan fingerprint density at radius 3 is 2.59 bits per heavy atom. The van der Waals surface area contributed by atoms with Crippen LogP contribution in [0.3, 0.4) is 0 Å². The Morgan fingerprint density at radius 2 is 1.86 bits per heavy atom. The molecule has 1 atom stereocenters. The SMILES string of the molecule is CCCCC[C@H](O)C#C/C=C\CCCCCCCC(=O)OC. The van der Waals surface area contributed by atoms with Gasteiger partial charge in [-0.1, -0.05) is 56.9 Å². The van der Waals surface area contributed by atoms with E-state index >= 15 is 0 Å². The number of aliphatic hydroxyl groups is 1. The van der Waals surface area contributed by atoms with E-state index in [0.717, 1.165) is 51.4 Å². The number of rotatable bonds is 12. The molecule has 22 heavy (non-hydrogen) atoms. The van der Waals surface area contributed by atoms with E-state index in [1.54, 1.807) is 0 Å². The van der Waals surface area contributed by atoms with Gasteiger partial charge in [0.2, 0.25) is 0 Å². The van der Waals surface area contributed by atoms with Gasteiger partial charge >= 0.3 is 5.97 Å². The van der Waals surface area contributed by atoms with Crippen molar-refractivity contribution in [2.24, 2.45) is 0 Å². The van der Waals surface area contributed by atoms with E-state index in [2.05, 4.69) is 29.6 Å². The summed E-state index contributed by atoms with van der Waals surface area (Å²) in [5.41, 5.74) is 0. The molecule has 0 aliphatic carbocycles. The molecule has 0 spiro atoms. The van der Waals surface area contributed by atoms with Crippen LogP contribution in [0, 0.1) is 11.8 Å². The predicted molar refractivity (Wildman–Crippen MR) is 91.4 cm³/mol. The van der Waals surface area contributed by atoms with Crippen LogP contribution in [0.4, 0.5) is 0 Å². The van der Waals surface area contributed by atoms with Crippen molar-refractivity contribution >= 4 is 5.97 Å². The second-order valence-corrected chi connectivity index (χ2v) is 5.59. The van der Waals surface area contributed by atoms with Gasteiger partial charge < -0.3 is 9.84 Å². The first kappa shape index (κ1) is 20.7. The van der Waals surface area contributed by atoms with Crippen LogP contribution >= 0.6 is 0 Å². The summed E-state index contributed by atoms with van der Waals surface area (Å²) in [6.45, 7) is 2.15. The molecule has 0 saturated carbocycles. The largest absolute Gasteiger partial charge is 0.469 e. The fraction of sp³-hybridized carbons (Fsp3) is 0.737. The lowest BCUT2D eigenvalue weighted by atomic mass is 10.1. The molecule has 0 amide bonds. The molecular formula is C19H32O3. The van der Waals surface area contributed by atoms with Crippen LogP contribution in [0.15, 0.2) is 12.2 Å². The molecule has 0 aromatic carbocycles. The van der Waals surface area contributed by atoms with Crippen LogP contribution in [0.5, 0.6) is 0 Å². The molecule has 0 heterocycles. The Hall–Kier alpha value is -1.27. The molecular weight excluding hydrogens is 276 g/mol. The first-order valence-corrected chi connectivity index (χ1v) is 8.61. The Morgan fingerprint density at radius 1 is 1.14 bits per heavy atom. The highest BCUT2D eigenvalue weighted by atomic mass is 16.5. The average molecular weight is 308 g/mol. The number of allylic oxidation sites excluding steroid dienone is 2. The van der Waals surface area contributed by atoms with E-state index in [1.807, 2.05) is 6.08 Å². The van der Waals surface area contributed by atoms with Crippen molar-refractivity contribution in [3.05, 3.63) is 12.2 Å². The average Bonchev–Trinajstić information content (AvgIpc) is 2.52. The van der Waals surface area contributed by atoms with Gasteiger partial charge in [0.05, 0.1) is 7.11 Å². The molecule has 0 aromatic rings. The highest BCUT2D eigenvalue weighted by Gasteiger charge is 1.98. The Bertz CT molecular complexity index is 349. The van der Waals surface area contributed by atoms with Crippen molar-refractivity contribution in [2.75, 3.05) is 7.11 Å². The summed E-state index contributed by atoms with van der Waals surface area (Å²) in [5.74, 6) is 5.65. The fourth-order valence-corrected chi connectivity index (χ4v) is 2.11. The van der Waals surface area contributed by atoms with Crippen LogP contribution < -0.4 is 0 Å². The second kappa shape index (κ2) is 16.1. The topological polar surface area (TPSA) is 46.5 Å². The molecule has 0 aliphatic rings. The molecule has 0 bridgehead atoms. The number of carbonyl (C=O) groups is 1. The molecule has 0 aliphatic heterocycles. The van der Waals surface area contributed by atoms with Crippen LogP contribution in [0.2, 0.25) is 0 Å². The maximum absolute atomic E-state index is 10.9. The Balaban J connectivity index is 3.42. The van der Waals surface area contributed by atoms with E-state index in [-0.39, 0.29) is 5.97 Å². The van der Waals surface area contributed by atoms with Gasteiger partial charge in [0.1, 0.15) is 6.10 Å². The van der Waals surface area contributed by atoms with Gasteiger partial charge in [-0.2, -0.15) is 0 Å². The number of unbranched alkanes of at least 4 members (excludes halogenated alkanes) is 7. The molecule has 3 heteroatoms. The van der Waals surface area contributed by atoms with E-state index in [9.17, 15) is 9.90 Å². The first-order chi connectivity index (χ1) is 10.7. The van der Waals surface area contributed by atoms with Crippen LogP contribution in [-0.2, 0) is 9.53 Å². The number of esters is 1. The number of aliphatic hydroxyl groups excluding tert-OH is 1. The minimum atomic E-state index is -0.481. The molecule has 0 rings (SSSR count).